The lowest BCUT2D eigenvalue weighted by molar-refractivity contribution is -0.137. The number of carbonyl (C=O) groups excluding carboxylic acids is 1. The van der Waals surface area contributed by atoms with E-state index >= 15 is 0 Å². The predicted molar refractivity (Wildman–Crippen MR) is 78.3 cm³/mol. The minimum absolute atomic E-state index is 0.0281. The summed E-state index contributed by atoms with van der Waals surface area (Å²) in [4.78, 5) is 22.7. The molecule has 0 aliphatic rings. The van der Waals surface area contributed by atoms with Crippen molar-refractivity contribution in [2.45, 2.75) is 26.8 Å². The minimum atomic E-state index is -0.896. The van der Waals surface area contributed by atoms with Gasteiger partial charge >= 0.3 is 5.97 Å². The van der Waals surface area contributed by atoms with E-state index in [1.54, 1.807) is 6.20 Å². The molecule has 0 atom stereocenters. The van der Waals surface area contributed by atoms with E-state index in [4.69, 9.17) is 5.11 Å². The molecule has 0 unspecified atom stereocenters. The van der Waals surface area contributed by atoms with Crippen LogP contribution >= 0.6 is 0 Å². The summed E-state index contributed by atoms with van der Waals surface area (Å²) in [5.74, 6) is -1.15. The lowest BCUT2D eigenvalue weighted by Gasteiger charge is -2.10. The van der Waals surface area contributed by atoms with Gasteiger partial charge in [0.15, 0.2) is 0 Å². The number of carbonyl (C=O) groups is 2. The molecule has 2 N–H and O–H groups in total. The molecular formula is C15H17N3O3. The van der Waals surface area contributed by atoms with Crippen LogP contribution in [0.1, 0.15) is 27.9 Å². The number of aliphatic carboxylic acids is 1. The second kappa shape index (κ2) is 6.21. The van der Waals surface area contributed by atoms with Crippen LogP contribution in [0.25, 0.3) is 0 Å². The Hall–Kier alpha value is -2.63. The molecular weight excluding hydrogens is 270 g/mol. The lowest BCUT2D eigenvalue weighted by atomic mass is 10.1. The van der Waals surface area contributed by atoms with Crippen molar-refractivity contribution in [3.05, 3.63) is 47.3 Å². The van der Waals surface area contributed by atoms with Gasteiger partial charge in [0.05, 0.1) is 24.7 Å². The predicted octanol–water partition coefficient (Wildman–Crippen LogP) is 2.23. The fourth-order valence-corrected chi connectivity index (χ4v) is 2.01. The Morgan fingerprint density at radius 1 is 1.29 bits per heavy atom. The topological polar surface area (TPSA) is 84.2 Å². The molecule has 110 valence electrons. The highest BCUT2D eigenvalue weighted by Crippen LogP contribution is 2.20. The smallest absolute Gasteiger partial charge is 0.305 e. The van der Waals surface area contributed by atoms with Crippen LogP contribution in [0.2, 0.25) is 0 Å². The van der Waals surface area contributed by atoms with Crippen LogP contribution in [0.5, 0.6) is 0 Å². The van der Waals surface area contributed by atoms with E-state index in [-0.39, 0.29) is 18.9 Å². The molecule has 0 aliphatic heterocycles. The van der Waals surface area contributed by atoms with Gasteiger partial charge in [-0.05, 0) is 25.0 Å². The van der Waals surface area contributed by atoms with E-state index in [1.807, 2.05) is 32.0 Å². The zero-order chi connectivity index (χ0) is 15.4. The maximum Gasteiger partial charge on any atom is 0.305 e. The Balaban J connectivity index is 2.09. The van der Waals surface area contributed by atoms with Gasteiger partial charge in [0.2, 0.25) is 0 Å². The van der Waals surface area contributed by atoms with Crippen molar-refractivity contribution < 1.29 is 14.7 Å². The number of carboxylic acid groups (broad SMARTS) is 1. The highest BCUT2D eigenvalue weighted by molar-refractivity contribution is 6.04. The van der Waals surface area contributed by atoms with Crippen LogP contribution in [0.4, 0.5) is 5.69 Å². The largest absolute Gasteiger partial charge is 0.481 e. The van der Waals surface area contributed by atoms with Crippen molar-refractivity contribution in [2.75, 3.05) is 5.32 Å². The first kappa shape index (κ1) is 14.8. The first-order valence-corrected chi connectivity index (χ1v) is 6.59. The van der Waals surface area contributed by atoms with Gasteiger partial charge in [-0.2, -0.15) is 5.10 Å². The van der Waals surface area contributed by atoms with Crippen molar-refractivity contribution >= 4 is 17.6 Å². The molecule has 2 aromatic rings. The van der Waals surface area contributed by atoms with Crippen LogP contribution in [0.3, 0.4) is 0 Å². The first-order valence-electron chi connectivity index (χ1n) is 6.59. The second-order valence-electron chi connectivity index (χ2n) is 4.86. The minimum Gasteiger partial charge on any atom is -0.481 e. The maximum atomic E-state index is 12.2. The number of nitrogens with one attached hydrogen (secondary N) is 1. The fraction of sp³-hybridized carbons (Fsp3) is 0.267. The number of anilines is 1. The van der Waals surface area contributed by atoms with E-state index in [0.29, 0.717) is 5.56 Å². The first-order chi connectivity index (χ1) is 9.97. The summed E-state index contributed by atoms with van der Waals surface area (Å²) in [5, 5.41) is 15.5. The molecule has 2 rings (SSSR count). The second-order valence-corrected chi connectivity index (χ2v) is 4.86. The van der Waals surface area contributed by atoms with Gasteiger partial charge in [0, 0.05) is 11.9 Å². The van der Waals surface area contributed by atoms with Gasteiger partial charge in [0.1, 0.15) is 0 Å². The monoisotopic (exact) mass is 287 g/mol. The van der Waals surface area contributed by atoms with Crippen molar-refractivity contribution in [2.24, 2.45) is 0 Å². The zero-order valence-electron chi connectivity index (χ0n) is 12.0. The summed E-state index contributed by atoms with van der Waals surface area (Å²) in [6.45, 7) is 4.10. The Kier molecular flexibility index (Phi) is 4.37. The van der Waals surface area contributed by atoms with Crippen LogP contribution < -0.4 is 5.32 Å². The average Bonchev–Trinajstić information content (AvgIpc) is 2.89. The van der Waals surface area contributed by atoms with Crippen LogP contribution in [0.15, 0.2) is 30.6 Å². The molecule has 0 fully saturated rings. The highest BCUT2D eigenvalue weighted by atomic mass is 16.4. The Morgan fingerprint density at radius 2 is 1.95 bits per heavy atom. The zero-order valence-corrected chi connectivity index (χ0v) is 12.0. The Morgan fingerprint density at radius 3 is 2.57 bits per heavy atom. The van der Waals surface area contributed by atoms with Gasteiger partial charge in [0.25, 0.3) is 5.91 Å². The van der Waals surface area contributed by atoms with E-state index in [0.717, 1.165) is 16.8 Å². The molecule has 0 spiro atoms. The molecule has 0 bridgehead atoms. The van der Waals surface area contributed by atoms with Crippen LogP contribution in [-0.2, 0) is 11.3 Å². The number of rotatable bonds is 5. The maximum absolute atomic E-state index is 12.2. The molecule has 0 radical (unpaired) electrons. The van der Waals surface area contributed by atoms with E-state index in [1.165, 1.54) is 10.9 Å². The molecule has 0 aliphatic carbocycles. The lowest BCUT2D eigenvalue weighted by Crippen LogP contribution is -2.13. The number of hydrogen-bond donors (Lipinski definition) is 2. The molecule has 0 saturated carbocycles. The summed E-state index contributed by atoms with van der Waals surface area (Å²) in [5.41, 5.74) is 3.17. The highest BCUT2D eigenvalue weighted by Gasteiger charge is 2.12. The van der Waals surface area contributed by atoms with Crippen molar-refractivity contribution in [3.63, 3.8) is 0 Å². The average molecular weight is 287 g/mol. The molecule has 1 aromatic carbocycles. The summed E-state index contributed by atoms with van der Waals surface area (Å²) in [6, 6.07) is 5.79. The van der Waals surface area contributed by atoms with Gasteiger partial charge in [-0.3, -0.25) is 14.3 Å². The number of amides is 1. The van der Waals surface area contributed by atoms with E-state index < -0.39 is 5.97 Å². The third-order valence-corrected chi connectivity index (χ3v) is 3.17. The third-order valence-electron chi connectivity index (χ3n) is 3.17. The SMILES string of the molecule is Cc1cccc(C)c1NC(=O)c1cnn(CCC(=O)O)c1. The van der Waals surface area contributed by atoms with Gasteiger partial charge in [-0.25, -0.2) is 0 Å². The molecule has 1 aromatic heterocycles. The van der Waals surface area contributed by atoms with Crippen molar-refractivity contribution in [1.29, 1.82) is 0 Å². The number of benzene rings is 1. The molecule has 0 saturated heterocycles. The third kappa shape index (κ3) is 3.68. The van der Waals surface area contributed by atoms with Crippen LogP contribution in [-0.4, -0.2) is 26.8 Å². The molecule has 21 heavy (non-hydrogen) atoms. The van der Waals surface area contributed by atoms with E-state index in [9.17, 15) is 9.59 Å². The van der Waals surface area contributed by atoms with Crippen molar-refractivity contribution in [3.8, 4) is 0 Å². The van der Waals surface area contributed by atoms with Crippen LogP contribution in [0, 0.1) is 13.8 Å². The number of hydrogen-bond acceptors (Lipinski definition) is 3. The fourth-order valence-electron chi connectivity index (χ4n) is 2.01. The number of nitrogens with zero attached hydrogens (tertiary/aromatic N) is 2. The summed E-state index contributed by atoms with van der Waals surface area (Å²) >= 11 is 0. The molecule has 1 amide bonds. The quantitative estimate of drug-likeness (QED) is 0.883. The van der Waals surface area contributed by atoms with Crippen molar-refractivity contribution in [1.82, 2.24) is 9.78 Å². The molecule has 6 nitrogen and oxygen atoms in total. The number of aryl methyl sites for hydroxylation is 3. The van der Waals surface area contributed by atoms with E-state index in [2.05, 4.69) is 10.4 Å². The molecule has 1 heterocycles. The summed E-state index contributed by atoms with van der Waals surface area (Å²) in [6.07, 6.45) is 2.95. The number of para-hydroxylation sites is 1. The number of aromatic nitrogens is 2. The molecule has 6 heteroatoms. The summed E-state index contributed by atoms with van der Waals surface area (Å²) in [7, 11) is 0. The standard InChI is InChI=1S/C15H17N3O3/c1-10-4-3-5-11(2)14(10)17-15(21)12-8-16-18(9-12)7-6-13(19)20/h3-5,8-9H,6-7H2,1-2H3,(H,17,21)(H,19,20). The Labute approximate surface area is 122 Å². The van der Waals surface area contributed by atoms with Gasteiger partial charge < -0.3 is 10.4 Å². The van der Waals surface area contributed by atoms with Gasteiger partial charge in [-0.1, -0.05) is 18.2 Å². The van der Waals surface area contributed by atoms with Gasteiger partial charge in [-0.15, -0.1) is 0 Å². The number of carboxylic acids is 1. The Bertz CT molecular complexity index is 656. The normalized spacial score (nSPS) is 10.4. The summed E-state index contributed by atoms with van der Waals surface area (Å²) < 4.78 is 1.45.